The van der Waals surface area contributed by atoms with Crippen LogP contribution in [0.4, 0.5) is 11.6 Å². The first-order valence-corrected chi connectivity index (χ1v) is 5.31. The molecule has 6 heteroatoms. The van der Waals surface area contributed by atoms with Gasteiger partial charge in [-0.05, 0) is 12.1 Å². The number of nitrogens with zero attached hydrogens (tertiary/aromatic N) is 3. The number of aromatic nitrogens is 3. The second kappa shape index (κ2) is 5.76. The monoisotopic (exact) mass is 230 g/mol. The minimum atomic E-state index is 0.584. The van der Waals surface area contributed by atoms with Crippen LogP contribution in [0.5, 0.6) is 0 Å². The normalized spacial score (nSPS) is 9.94. The molecular weight excluding hydrogens is 216 g/mol. The van der Waals surface area contributed by atoms with Crippen LogP contribution >= 0.6 is 0 Å². The quantitative estimate of drug-likeness (QED) is 0.520. The van der Waals surface area contributed by atoms with Gasteiger partial charge in [0.05, 0.1) is 0 Å². The van der Waals surface area contributed by atoms with Gasteiger partial charge in [-0.3, -0.25) is 4.98 Å². The maximum Gasteiger partial charge on any atom is 0.145 e. The third kappa shape index (κ3) is 3.39. The van der Waals surface area contributed by atoms with Crippen molar-refractivity contribution in [2.45, 2.75) is 6.42 Å². The summed E-state index contributed by atoms with van der Waals surface area (Å²) in [7, 11) is 0. The molecule has 0 saturated carbocycles. The molecule has 0 bridgehead atoms. The van der Waals surface area contributed by atoms with E-state index in [1.54, 1.807) is 12.3 Å². The van der Waals surface area contributed by atoms with Gasteiger partial charge in [0, 0.05) is 30.9 Å². The predicted molar refractivity (Wildman–Crippen MR) is 66.3 cm³/mol. The van der Waals surface area contributed by atoms with E-state index < -0.39 is 0 Å². The Morgan fingerprint density at radius 3 is 2.76 bits per heavy atom. The fraction of sp³-hybridized carbons (Fsp3) is 0.182. The van der Waals surface area contributed by atoms with E-state index in [1.807, 2.05) is 18.2 Å². The van der Waals surface area contributed by atoms with Crippen LogP contribution in [0.2, 0.25) is 0 Å². The number of nitrogens with one attached hydrogen (secondary N) is 2. The van der Waals surface area contributed by atoms with Gasteiger partial charge in [0.25, 0.3) is 0 Å². The molecule has 0 unspecified atom stereocenters. The highest BCUT2D eigenvalue weighted by Gasteiger charge is 1.97. The van der Waals surface area contributed by atoms with Crippen LogP contribution in [0.3, 0.4) is 0 Å². The van der Waals surface area contributed by atoms with Crippen LogP contribution in [-0.4, -0.2) is 21.5 Å². The van der Waals surface area contributed by atoms with Gasteiger partial charge in [-0.2, -0.15) is 0 Å². The van der Waals surface area contributed by atoms with Gasteiger partial charge in [0.2, 0.25) is 0 Å². The van der Waals surface area contributed by atoms with Crippen LogP contribution in [0, 0.1) is 0 Å². The van der Waals surface area contributed by atoms with Gasteiger partial charge in [-0.15, -0.1) is 0 Å². The highest BCUT2D eigenvalue weighted by atomic mass is 15.3. The summed E-state index contributed by atoms with van der Waals surface area (Å²) >= 11 is 0. The van der Waals surface area contributed by atoms with Gasteiger partial charge in [0.1, 0.15) is 18.0 Å². The first-order chi connectivity index (χ1) is 8.38. The van der Waals surface area contributed by atoms with Crippen LogP contribution in [-0.2, 0) is 6.42 Å². The van der Waals surface area contributed by atoms with Crippen molar-refractivity contribution in [3.8, 4) is 0 Å². The number of nitrogen functional groups attached to an aromatic ring is 1. The van der Waals surface area contributed by atoms with Crippen molar-refractivity contribution in [1.29, 1.82) is 0 Å². The first kappa shape index (κ1) is 11.3. The number of hydrogen-bond donors (Lipinski definition) is 3. The Kier molecular flexibility index (Phi) is 3.82. The molecular formula is C11H14N6. The number of hydrazine groups is 1. The molecule has 0 fully saturated rings. The van der Waals surface area contributed by atoms with E-state index in [9.17, 15) is 0 Å². The summed E-state index contributed by atoms with van der Waals surface area (Å²) in [5.41, 5.74) is 3.52. The van der Waals surface area contributed by atoms with E-state index in [-0.39, 0.29) is 0 Å². The second-order valence-corrected chi connectivity index (χ2v) is 3.43. The number of rotatable bonds is 5. The molecule has 2 rings (SSSR count). The number of pyridine rings is 1. The zero-order chi connectivity index (χ0) is 11.9. The molecule has 6 nitrogen and oxygen atoms in total. The lowest BCUT2D eigenvalue weighted by molar-refractivity contribution is 0.950. The molecule has 2 heterocycles. The zero-order valence-corrected chi connectivity index (χ0v) is 9.30. The molecule has 2 aromatic heterocycles. The Morgan fingerprint density at radius 2 is 2.00 bits per heavy atom. The summed E-state index contributed by atoms with van der Waals surface area (Å²) < 4.78 is 0. The van der Waals surface area contributed by atoms with Crippen LogP contribution in [0.15, 0.2) is 36.8 Å². The average Bonchev–Trinajstić information content (AvgIpc) is 2.40. The fourth-order valence-corrected chi connectivity index (χ4v) is 1.40. The maximum absolute atomic E-state index is 5.26. The largest absolute Gasteiger partial charge is 0.370 e. The summed E-state index contributed by atoms with van der Waals surface area (Å²) in [4.78, 5) is 12.2. The van der Waals surface area contributed by atoms with Gasteiger partial charge in [-0.1, -0.05) is 6.07 Å². The van der Waals surface area contributed by atoms with Gasteiger partial charge in [0.15, 0.2) is 0 Å². The van der Waals surface area contributed by atoms with Gasteiger partial charge < -0.3 is 10.7 Å². The molecule has 0 aliphatic carbocycles. The summed E-state index contributed by atoms with van der Waals surface area (Å²) in [6.07, 6.45) is 4.09. The smallest absolute Gasteiger partial charge is 0.145 e. The van der Waals surface area contributed by atoms with Crippen LogP contribution in [0.25, 0.3) is 0 Å². The summed E-state index contributed by atoms with van der Waals surface area (Å²) in [6, 6.07) is 7.62. The van der Waals surface area contributed by atoms with Gasteiger partial charge in [-0.25, -0.2) is 15.8 Å². The van der Waals surface area contributed by atoms with E-state index in [4.69, 9.17) is 5.84 Å². The van der Waals surface area contributed by atoms with Crippen LogP contribution < -0.4 is 16.6 Å². The van der Waals surface area contributed by atoms with Crippen molar-refractivity contribution in [3.63, 3.8) is 0 Å². The lowest BCUT2D eigenvalue weighted by Crippen LogP contribution is -2.11. The first-order valence-electron chi connectivity index (χ1n) is 5.31. The molecule has 0 atom stereocenters. The molecule has 0 saturated heterocycles. The Labute approximate surface area is 99.3 Å². The lowest BCUT2D eigenvalue weighted by Gasteiger charge is -2.06. The molecule has 2 aromatic rings. The van der Waals surface area contributed by atoms with E-state index >= 15 is 0 Å². The van der Waals surface area contributed by atoms with Crippen molar-refractivity contribution in [2.75, 3.05) is 17.3 Å². The van der Waals surface area contributed by atoms with Crippen LogP contribution in [0.1, 0.15) is 5.69 Å². The molecule has 4 N–H and O–H groups in total. The third-order valence-electron chi connectivity index (χ3n) is 2.23. The fourth-order valence-electron chi connectivity index (χ4n) is 1.40. The predicted octanol–water partition coefficient (Wildman–Crippen LogP) is 0.812. The molecule has 88 valence electrons. The minimum absolute atomic E-state index is 0.584. The molecule has 17 heavy (non-hydrogen) atoms. The van der Waals surface area contributed by atoms with E-state index in [1.165, 1.54) is 6.33 Å². The minimum Gasteiger partial charge on any atom is -0.370 e. The van der Waals surface area contributed by atoms with E-state index in [0.717, 1.165) is 24.5 Å². The standard InChI is InChI=1S/C11H14N6/c12-17-11-7-10(15-8-16-11)14-6-4-9-3-1-2-5-13-9/h1-3,5,7-8H,4,6,12H2,(H2,14,15,16,17). The SMILES string of the molecule is NNc1cc(NCCc2ccccn2)ncn1. The Bertz CT molecular complexity index is 459. The van der Waals surface area contributed by atoms with Crippen molar-refractivity contribution >= 4 is 11.6 Å². The molecule has 0 aromatic carbocycles. The molecule has 0 amide bonds. The summed E-state index contributed by atoms with van der Waals surface area (Å²) in [5.74, 6) is 6.58. The maximum atomic E-state index is 5.26. The van der Waals surface area contributed by atoms with Crippen molar-refractivity contribution < 1.29 is 0 Å². The second-order valence-electron chi connectivity index (χ2n) is 3.43. The van der Waals surface area contributed by atoms with E-state index in [2.05, 4.69) is 25.7 Å². The highest BCUT2D eigenvalue weighted by molar-refractivity contribution is 5.45. The van der Waals surface area contributed by atoms with Crippen molar-refractivity contribution in [2.24, 2.45) is 5.84 Å². The highest BCUT2D eigenvalue weighted by Crippen LogP contribution is 2.06. The molecule has 0 aliphatic rings. The van der Waals surface area contributed by atoms with E-state index in [0.29, 0.717) is 5.82 Å². The Balaban J connectivity index is 1.86. The zero-order valence-electron chi connectivity index (χ0n) is 9.30. The topological polar surface area (TPSA) is 88.8 Å². The van der Waals surface area contributed by atoms with Crippen molar-refractivity contribution in [1.82, 2.24) is 15.0 Å². The number of hydrogen-bond acceptors (Lipinski definition) is 6. The Hall–Kier alpha value is -2.21. The average molecular weight is 230 g/mol. The molecule has 0 spiro atoms. The molecule has 0 radical (unpaired) electrons. The van der Waals surface area contributed by atoms with Crippen molar-refractivity contribution in [3.05, 3.63) is 42.5 Å². The summed E-state index contributed by atoms with van der Waals surface area (Å²) in [5, 5.41) is 3.18. The lowest BCUT2D eigenvalue weighted by atomic mass is 10.3. The molecule has 0 aliphatic heterocycles. The number of nitrogens with two attached hydrogens (primary N) is 1. The number of anilines is 2. The van der Waals surface area contributed by atoms with Gasteiger partial charge >= 0.3 is 0 Å². The summed E-state index contributed by atoms with van der Waals surface area (Å²) in [6.45, 7) is 0.762. The Morgan fingerprint density at radius 1 is 1.12 bits per heavy atom. The third-order valence-corrected chi connectivity index (χ3v) is 2.23.